The first kappa shape index (κ1) is 15.6. The molecule has 1 atom stereocenters. The maximum atomic E-state index is 5.45. The Kier molecular flexibility index (Phi) is 13.2. The quantitative estimate of drug-likeness (QED) is 0.331. The van der Waals surface area contributed by atoms with E-state index in [1.54, 1.807) is 0 Å². The molecule has 0 spiro atoms. The van der Waals surface area contributed by atoms with E-state index >= 15 is 0 Å². The third-order valence-corrected chi connectivity index (χ3v) is 2.51. The molecular formula is C11H23IO3. The molecule has 0 fully saturated rings. The molecule has 0 aromatic heterocycles. The van der Waals surface area contributed by atoms with Crippen molar-refractivity contribution in [2.24, 2.45) is 5.92 Å². The van der Waals surface area contributed by atoms with Crippen LogP contribution in [-0.4, -0.2) is 44.1 Å². The molecule has 0 amide bonds. The average molecular weight is 330 g/mol. The monoisotopic (exact) mass is 330 g/mol. The zero-order chi connectivity index (χ0) is 11.4. The predicted octanol–water partition coefficient (Wildman–Crippen LogP) is 2.52. The Morgan fingerprint density at radius 1 is 0.933 bits per heavy atom. The van der Waals surface area contributed by atoms with Crippen LogP contribution in [0.1, 0.15) is 20.3 Å². The summed E-state index contributed by atoms with van der Waals surface area (Å²) in [6, 6.07) is 0. The summed E-state index contributed by atoms with van der Waals surface area (Å²) in [4.78, 5) is 0. The van der Waals surface area contributed by atoms with Crippen LogP contribution in [0.5, 0.6) is 0 Å². The molecule has 0 aliphatic heterocycles. The highest BCUT2D eigenvalue weighted by Crippen LogP contribution is 1.99. The van der Waals surface area contributed by atoms with E-state index in [1.807, 2.05) is 0 Å². The van der Waals surface area contributed by atoms with Crippen molar-refractivity contribution in [1.29, 1.82) is 0 Å². The molecule has 3 nitrogen and oxygen atoms in total. The molecule has 0 aromatic carbocycles. The van der Waals surface area contributed by atoms with E-state index in [4.69, 9.17) is 14.2 Å². The fourth-order valence-corrected chi connectivity index (χ4v) is 1.21. The minimum Gasteiger partial charge on any atom is -0.379 e. The van der Waals surface area contributed by atoms with Gasteiger partial charge in [-0.05, 0) is 5.92 Å². The topological polar surface area (TPSA) is 27.7 Å². The van der Waals surface area contributed by atoms with Gasteiger partial charge in [-0.15, -0.1) is 0 Å². The zero-order valence-corrected chi connectivity index (χ0v) is 12.0. The van der Waals surface area contributed by atoms with E-state index in [0.29, 0.717) is 32.3 Å². The van der Waals surface area contributed by atoms with Crippen LogP contribution < -0.4 is 0 Å². The second-order valence-corrected chi connectivity index (χ2v) is 4.58. The standard InChI is InChI=1S/C11H23IO3/c1-3-11(2)10-15-9-8-14-7-6-13-5-4-12/h11H,3-10H2,1-2H3. The molecule has 15 heavy (non-hydrogen) atoms. The van der Waals surface area contributed by atoms with Crippen molar-refractivity contribution in [3.63, 3.8) is 0 Å². The fourth-order valence-electron chi connectivity index (χ4n) is 0.897. The Morgan fingerprint density at radius 2 is 1.47 bits per heavy atom. The van der Waals surface area contributed by atoms with Crippen molar-refractivity contribution in [3.05, 3.63) is 0 Å². The van der Waals surface area contributed by atoms with Gasteiger partial charge in [-0.25, -0.2) is 0 Å². The van der Waals surface area contributed by atoms with Gasteiger partial charge in [-0.2, -0.15) is 0 Å². The summed E-state index contributed by atoms with van der Waals surface area (Å²) in [5.41, 5.74) is 0. The third-order valence-electron chi connectivity index (χ3n) is 2.06. The van der Waals surface area contributed by atoms with Gasteiger partial charge < -0.3 is 14.2 Å². The van der Waals surface area contributed by atoms with E-state index in [-0.39, 0.29) is 0 Å². The molecule has 1 unspecified atom stereocenters. The molecule has 0 saturated heterocycles. The van der Waals surface area contributed by atoms with Crippen molar-refractivity contribution in [2.45, 2.75) is 20.3 Å². The van der Waals surface area contributed by atoms with Gasteiger partial charge in [-0.3, -0.25) is 0 Å². The molecule has 92 valence electrons. The van der Waals surface area contributed by atoms with Gasteiger partial charge in [0.05, 0.1) is 33.0 Å². The van der Waals surface area contributed by atoms with Gasteiger partial charge in [0.2, 0.25) is 0 Å². The summed E-state index contributed by atoms with van der Waals surface area (Å²) in [7, 11) is 0. The van der Waals surface area contributed by atoms with Gasteiger partial charge in [0, 0.05) is 11.0 Å². The van der Waals surface area contributed by atoms with Crippen LogP contribution in [0.15, 0.2) is 0 Å². The molecular weight excluding hydrogens is 307 g/mol. The molecule has 0 aromatic rings. The summed E-state index contributed by atoms with van der Waals surface area (Å²) in [5, 5.41) is 0. The number of alkyl halides is 1. The van der Waals surface area contributed by atoms with Crippen LogP contribution >= 0.6 is 22.6 Å². The second-order valence-electron chi connectivity index (χ2n) is 3.50. The predicted molar refractivity (Wildman–Crippen MR) is 70.8 cm³/mol. The van der Waals surface area contributed by atoms with Crippen molar-refractivity contribution in [3.8, 4) is 0 Å². The number of hydrogen-bond acceptors (Lipinski definition) is 3. The smallest absolute Gasteiger partial charge is 0.0701 e. The molecule has 0 bridgehead atoms. The molecule has 0 aliphatic rings. The van der Waals surface area contributed by atoms with Gasteiger partial charge >= 0.3 is 0 Å². The van der Waals surface area contributed by atoms with Crippen LogP contribution in [0.2, 0.25) is 0 Å². The van der Waals surface area contributed by atoms with Crippen molar-refractivity contribution in [2.75, 3.05) is 44.1 Å². The Morgan fingerprint density at radius 3 is 2.00 bits per heavy atom. The van der Waals surface area contributed by atoms with E-state index in [2.05, 4.69) is 36.4 Å². The van der Waals surface area contributed by atoms with Gasteiger partial charge in [-0.1, -0.05) is 42.9 Å². The second kappa shape index (κ2) is 12.7. The summed E-state index contributed by atoms with van der Waals surface area (Å²) in [5.74, 6) is 0.650. The normalized spacial score (nSPS) is 13.0. The molecule has 0 rings (SSSR count). The average Bonchev–Trinajstić information content (AvgIpc) is 2.26. The molecule has 4 heteroatoms. The lowest BCUT2D eigenvalue weighted by Crippen LogP contribution is -2.12. The molecule has 0 aliphatic carbocycles. The number of ether oxygens (including phenoxy) is 3. The van der Waals surface area contributed by atoms with Crippen molar-refractivity contribution >= 4 is 22.6 Å². The first-order valence-electron chi connectivity index (χ1n) is 5.60. The maximum Gasteiger partial charge on any atom is 0.0701 e. The highest BCUT2D eigenvalue weighted by atomic mass is 127. The Hall–Kier alpha value is 0.610. The summed E-state index contributed by atoms with van der Waals surface area (Å²) < 4.78 is 17.1. The number of hydrogen-bond donors (Lipinski definition) is 0. The highest BCUT2D eigenvalue weighted by molar-refractivity contribution is 14.1. The minimum atomic E-state index is 0.650. The van der Waals surface area contributed by atoms with E-state index in [9.17, 15) is 0 Å². The van der Waals surface area contributed by atoms with Crippen LogP contribution in [0.25, 0.3) is 0 Å². The van der Waals surface area contributed by atoms with E-state index in [1.165, 1.54) is 6.42 Å². The van der Waals surface area contributed by atoms with Crippen molar-refractivity contribution in [1.82, 2.24) is 0 Å². The molecule has 0 radical (unpaired) electrons. The first-order chi connectivity index (χ1) is 7.31. The molecule has 0 N–H and O–H groups in total. The first-order valence-corrected chi connectivity index (χ1v) is 7.13. The molecule has 0 heterocycles. The van der Waals surface area contributed by atoms with Gasteiger partial charge in [0.15, 0.2) is 0 Å². The summed E-state index contributed by atoms with van der Waals surface area (Å²) in [6.07, 6.45) is 1.17. The minimum absolute atomic E-state index is 0.650. The lowest BCUT2D eigenvalue weighted by atomic mass is 10.1. The van der Waals surface area contributed by atoms with E-state index < -0.39 is 0 Å². The van der Waals surface area contributed by atoms with Gasteiger partial charge in [0.1, 0.15) is 0 Å². The zero-order valence-electron chi connectivity index (χ0n) is 9.84. The Labute approximate surface area is 107 Å². The lowest BCUT2D eigenvalue weighted by molar-refractivity contribution is 0.0109. The molecule has 0 saturated carbocycles. The fraction of sp³-hybridized carbons (Fsp3) is 1.00. The lowest BCUT2D eigenvalue weighted by Gasteiger charge is -2.09. The highest BCUT2D eigenvalue weighted by Gasteiger charge is 1.97. The van der Waals surface area contributed by atoms with Gasteiger partial charge in [0.25, 0.3) is 0 Å². The number of halogens is 1. The number of rotatable bonds is 11. The Bertz CT molecular complexity index is 122. The van der Waals surface area contributed by atoms with Crippen LogP contribution in [0.3, 0.4) is 0 Å². The largest absolute Gasteiger partial charge is 0.379 e. The Balaban J connectivity index is 2.92. The third kappa shape index (κ3) is 12.5. The summed E-state index contributed by atoms with van der Waals surface area (Å²) >= 11 is 2.29. The van der Waals surface area contributed by atoms with Crippen LogP contribution in [-0.2, 0) is 14.2 Å². The van der Waals surface area contributed by atoms with Crippen molar-refractivity contribution < 1.29 is 14.2 Å². The van der Waals surface area contributed by atoms with E-state index in [0.717, 1.165) is 17.6 Å². The van der Waals surface area contributed by atoms with Crippen LogP contribution in [0, 0.1) is 5.92 Å². The maximum absolute atomic E-state index is 5.45. The SMILES string of the molecule is CCC(C)COCCOCCOCCI. The summed E-state index contributed by atoms with van der Waals surface area (Å²) in [6.45, 7) is 8.74. The van der Waals surface area contributed by atoms with Crippen LogP contribution in [0.4, 0.5) is 0 Å².